The molecule has 0 unspecified atom stereocenters. The second-order valence-corrected chi connectivity index (χ2v) is 5.29. The molecule has 2 aromatic rings. The van der Waals surface area contributed by atoms with Crippen molar-refractivity contribution in [1.82, 2.24) is 9.97 Å². The van der Waals surface area contributed by atoms with Crippen molar-refractivity contribution in [2.75, 3.05) is 11.9 Å². The van der Waals surface area contributed by atoms with Gasteiger partial charge in [0.15, 0.2) is 0 Å². The Balaban J connectivity index is 2.22. The second kappa shape index (κ2) is 6.05. The molecule has 2 aromatic heterocycles. The van der Waals surface area contributed by atoms with Gasteiger partial charge < -0.3 is 15.1 Å². The zero-order valence-electron chi connectivity index (χ0n) is 12.6. The minimum absolute atomic E-state index is 0.298. The van der Waals surface area contributed by atoms with Gasteiger partial charge in [0.05, 0.1) is 24.1 Å². The maximum Gasteiger partial charge on any atom is 0.131 e. The zero-order valence-corrected chi connectivity index (χ0v) is 12.6. The van der Waals surface area contributed by atoms with Gasteiger partial charge in [0.1, 0.15) is 17.3 Å². The highest BCUT2D eigenvalue weighted by Crippen LogP contribution is 2.21. The Bertz CT molecular complexity index is 577. The van der Waals surface area contributed by atoms with Gasteiger partial charge >= 0.3 is 0 Å². The fourth-order valence-electron chi connectivity index (χ4n) is 2.06. The summed E-state index contributed by atoms with van der Waals surface area (Å²) in [5, 5.41) is 0. The van der Waals surface area contributed by atoms with E-state index in [1.807, 2.05) is 32.3 Å². The van der Waals surface area contributed by atoms with Crippen molar-refractivity contribution < 1.29 is 4.42 Å². The molecule has 5 nitrogen and oxygen atoms in total. The number of anilines is 1. The summed E-state index contributed by atoms with van der Waals surface area (Å²) in [6, 6.07) is 3.95. The lowest BCUT2D eigenvalue weighted by Gasteiger charge is -2.20. The largest absolute Gasteiger partial charge is 0.464 e. The maximum atomic E-state index is 5.81. The SMILES string of the molecule is Cc1ccc(CN(C)c2cnc(C(C)C)nc2CN)o1. The van der Waals surface area contributed by atoms with E-state index in [0.29, 0.717) is 19.0 Å². The Hall–Kier alpha value is -1.88. The van der Waals surface area contributed by atoms with Crippen molar-refractivity contribution in [2.24, 2.45) is 5.73 Å². The van der Waals surface area contributed by atoms with Crippen LogP contribution in [0, 0.1) is 6.92 Å². The molecular weight excluding hydrogens is 252 g/mol. The average Bonchev–Trinajstić information content (AvgIpc) is 2.83. The summed E-state index contributed by atoms with van der Waals surface area (Å²) in [5.74, 6) is 2.96. The first-order chi connectivity index (χ1) is 9.51. The fourth-order valence-corrected chi connectivity index (χ4v) is 2.06. The van der Waals surface area contributed by atoms with Crippen LogP contribution in [0.2, 0.25) is 0 Å². The first-order valence-electron chi connectivity index (χ1n) is 6.83. The Labute approximate surface area is 119 Å². The number of aryl methyl sites for hydroxylation is 1. The summed E-state index contributed by atoms with van der Waals surface area (Å²) in [4.78, 5) is 11.0. The Morgan fingerprint density at radius 2 is 2.10 bits per heavy atom. The first-order valence-corrected chi connectivity index (χ1v) is 6.83. The van der Waals surface area contributed by atoms with Crippen molar-refractivity contribution in [3.8, 4) is 0 Å². The molecule has 0 saturated heterocycles. The highest BCUT2D eigenvalue weighted by atomic mass is 16.3. The highest BCUT2D eigenvalue weighted by molar-refractivity contribution is 5.48. The molecule has 2 N–H and O–H groups in total. The average molecular weight is 274 g/mol. The van der Waals surface area contributed by atoms with Crippen molar-refractivity contribution in [1.29, 1.82) is 0 Å². The molecular formula is C15H22N4O. The normalized spacial score (nSPS) is 11.1. The first kappa shape index (κ1) is 14.5. The van der Waals surface area contributed by atoms with E-state index >= 15 is 0 Å². The lowest BCUT2D eigenvalue weighted by Crippen LogP contribution is -2.20. The summed E-state index contributed by atoms with van der Waals surface area (Å²) < 4.78 is 5.60. The van der Waals surface area contributed by atoms with E-state index in [2.05, 4.69) is 28.7 Å². The predicted octanol–water partition coefficient (Wildman–Crippen LogP) is 2.60. The van der Waals surface area contributed by atoms with Crippen LogP contribution in [0.5, 0.6) is 0 Å². The number of nitrogens with two attached hydrogens (primary N) is 1. The van der Waals surface area contributed by atoms with Crippen LogP contribution in [0.15, 0.2) is 22.7 Å². The molecule has 0 aromatic carbocycles. The second-order valence-electron chi connectivity index (χ2n) is 5.29. The zero-order chi connectivity index (χ0) is 14.7. The van der Waals surface area contributed by atoms with Crippen LogP contribution in [0.3, 0.4) is 0 Å². The van der Waals surface area contributed by atoms with Gasteiger partial charge in [-0.2, -0.15) is 0 Å². The van der Waals surface area contributed by atoms with E-state index in [9.17, 15) is 0 Å². The third-order valence-corrected chi connectivity index (χ3v) is 3.17. The lowest BCUT2D eigenvalue weighted by molar-refractivity contribution is 0.481. The summed E-state index contributed by atoms with van der Waals surface area (Å²) in [6.45, 7) is 7.16. The van der Waals surface area contributed by atoms with Gasteiger partial charge in [0, 0.05) is 19.5 Å². The minimum Gasteiger partial charge on any atom is -0.464 e. The van der Waals surface area contributed by atoms with Crippen molar-refractivity contribution in [2.45, 2.75) is 39.8 Å². The minimum atomic E-state index is 0.298. The molecule has 0 aliphatic rings. The van der Waals surface area contributed by atoms with Gasteiger partial charge in [0.25, 0.3) is 0 Å². The summed E-state index contributed by atoms with van der Waals surface area (Å²) in [5.41, 5.74) is 7.63. The van der Waals surface area contributed by atoms with Crippen LogP contribution in [0.1, 0.15) is 42.8 Å². The fraction of sp³-hybridized carbons (Fsp3) is 0.467. The van der Waals surface area contributed by atoms with Crippen molar-refractivity contribution in [3.05, 3.63) is 41.4 Å². The summed E-state index contributed by atoms with van der Waals surface area (Å²) >= 11 is 0. The third-order valence-electron chi connectivity index (χ3n) is 3.17. The van der Waals surface area contributed by atoms with Gasteiger partial charge in [0.2, 0.25) is 0 Å². The molecule has 0 fully saturated rings. The molecule has 2 rings (SSSR count). The molecule has 0 bridgehead atoms. The Morgan fingerprint density at radius 1 is 1.35 bits per heavy atom. The van der Waals surface area contributed by atoms with Crippen molar-refractivity contribution >= 4 is 5.69 Å². The molecule has 5 heteroatoms. The topological polar surface area (TPSA) is 68.2 Å². The quantitative estimate of drug-likeness (QED) is 0.907. The van der Waals surface area contributed by atoms with Gasteiger partial charge in [-0.15, -0.1) is 0 Å². The Morgan fingerprint density at radius 3 is 2.65 bits per heavy atom. The van der Waals surface area contributed by atoms with Gasteiger partial charge in [-0.05, 0) is 19.1 Å². The van der Waals surface area contributed by atoms with E-state index in [1.54, 1.807) is 0 Å². The maximum absolute atomic E-state index is 5.81. The molecule has 0 aliphatic heterocycles. The van der Waals surface area contributed by atoms with Crippen LogP contribution in [-0.2, 0) is 13.1 Å². The summed E-state index contributed by atoms with van der Waals surface area (Å²) in [7, 11) is 1.99. The van der Waals surface area contributed by atoms with Gasteiger partial charge in [-0.25, -0.2) is 9.97 Å². The molecule has 0 atom stereocenters. The smallest absolute Gasteiger partial charge is 0.131 e. The van der Waals surface area contributed by atoms with Crippen LogP contribution in [0.4, 0.5) is 5.69 Å². The Kier molecular flexibility index (Phi) is 4.39. The third kappa shape index (κ3) is 3.17. The van der Waals surface area contributed by atoms with E-state index in [4.69, 9.17) is 10.2 Å². The van der Waals surface area contributed by atoms with Crippen molar-refractivity contribution in [3.63, 3.8) is 0 Å². The molecule has 2 heterocycles. The van der Waals surface area contributed by atoms with Crippen LogP contribution in [-0.4, -0.2) is 17.0 Å². The number of nitrogens with zero attached hydrogens (tertiary/aromatic N) is 3. The molecule has 0 saturated carbocycles. The van der Waals surface area contributed by atoms with E-state index < -0.39 is 0 Å². The van der Waals surface area contributed by atoms with E-state index in [0.717, 1.165) is 28.7 Å². The monoisotopic (exact) mass is 274 g/mol. The van der Waals surface area contributed by atoms with Gasteiger partial charge in [-0.1, -0.05) is 13.8 Å². The molecule has 20 heavy (non-hydrogen) atoms. The molecule has 108 valence electrons. The number of rotatable bonds is 5. The number of hydrogen-bond donors (Lipinski definition) is 1. The van der Waals surface area contributed by atoms with E-state index in [1.165, 1.54) is 0 Å². The predicted molar refractivity (Wildman–Crippen MR) is 79.6 cm³/mol. The van der Waals surface area contributed by atoms with Crippen LogP contribution in [0.25, 0.3) is 0 Å². The van der Waals surface area contributed by atoms with Crippen LogP contribution < -0.4 is 10.6 Å². The molecule has 0 spiro atoms. The number of furan rings is 1. The lowest BCUT2D eigenvalue weighted by atomic mass is 10.2. The molecule has 0 radical (unpaired) electrons. The number of hydrogen-bond acceptors (Lipinski definition) is 5. The molecule has 0 amide bonds. The van der Waals surface area contributed by atoms with E-state index in [-0.39, 0.29) is 0 Å². The van der Waals surface area contributed by atoms with Gasteiger partial charge in [-0.3, -0.25) is 0 Å². The molecule has 0 aliphatic carbocycles. The van der Waals surface area contributed by atoms with Crippen LogP contribution >= 0.6 is 0 Å². The standard InChI is InChI=1S/C15H22N4O/c1-10(2)15-17-8-14(13(7-16)18-15)19(4)9-12-6-5-11(3)20-12/h5-6,8,10H,7,9,16H2,1-4H3. The number of aromatic nitrogens is 2. The highest BCUT2D eigenvalue weighted by Gasteiger charge is 2.13. The summed E-state index contributed by atoms with van der Waals surface area (Å²) in [6.07, 6.45) is 1.85.